The maximum Gasteiger partial charge on any atom is 0.255 e. The lowest BCUT2D eigenvalue weighted by atomic mass is 9.97. The van der Waals surface area contributed by atoms with Gasteiger partial charge in [-0.05, 0) is 50.1 Å². The smallest absolute Gasteiger partial charge is 0.255 e. The Balaban J connectivity index is 2.21. The molecule has 0 heterocycles. The molecule has 0 fully saturated rings. The van der Waals surface area contributed by atoms with Crippen LogP contribution in [0.4, 0.5) is 5.69 Å². The Labute approximate surface area is 129 Å². The first kappa shape index (κ1) is 15.9. The van der Waals surface area contributed by atoms with Crippen molar-refractivity contribution in [3.05, 3.63) is 64.7 Å². The van der Waals surface area contributed by atoms with E-state index in [0.29, 0.717) is 16.8 Å². The van der Waals surface area contributed by atoms with Crippen molar-refractivity contribution in [3.8, 4) is 0 Å². The van der Waals surface area contributed by atoms with Gasteiger partial charge in [-0.15, -0.1) is 0 Å². The average molecular weight is 297 g/mol. The predicted octanol–water partition coefficient (Wildman–Crippen LogP) is 3.29. The first-order chi connectivity index (χ1) is 10.3. The molecular formula is C18H19NO3. The number of rotatable bonds is 4. The number of aldehydes is 1. The average Bonchev–Trinajstić information content (AvgIpc) is 2.48. The molecular weight excluding hydrogens is 278 g/mol. The third-order valence-corrected chi connectivity index (χ3v) is 3.60. The molecule has 114 valence electrons. The highest BCUT2D eigenvalue weighted by atomic mass is 16.3. The molecule has 2 aromatic rings. The Morgan fingerprint density at radius 3 is 2.32 bits per heavy atom. The molecule has 0 saturated heterocycles. The van der Waals surface area contributed by atoms with Gasteiger partial charge < -0.3 is 10.4 Å². The molecule has 0 aliphatic rings. The molecule has 0 aliphatic carbocycles. The van der Waals surface area contributed by atoms with E-state index in [0.717, 1.165) is 17.4 Å². The van der Waals surface area contributed by atoms with Gasteiger partial charge in [0.1, 0.15) is 6.29 Å². The number of carbonyl (C=O) groups is 2. The molecule has 1 amide bonds. The van der Waals surface area contributed by atoms with Gasteiger partial charge in [0, 0.05) is 16.8 Å². The summed E-state index contributed by atoms with van der Waals surface area (Å²) in [5, 5.41) is 12.7. The first-order valence-corrected chi connectivity index (χ1v) is 7.02. The van der Waals surface area contributed by atoms with Gasteiger partial charge in [0.2, 0.25) is 0 Å². The number of anilines is 1. The number of aliphatic hydroxyl groups is 1. The van der Waals surface area contributed by atoms with Gasteiger partial charge in [-0.25, -0.2) is 0 Å². The normalized spacial score (nSPS) is 11.1. The summed E-state index contributed by atoms with van der Waals surface area (Å²) in [6.07, 6.45) is 0.767. The Kier molecular flexibility index (Phi) is 4.43. The van der Waals surface area contributed by atoms with E-state index in [1.807, 2.05) is 0 Å². The van der Waals surface area contributed by atoms with E-state index in [1.54, 1.807) is 63.2 Å². The van der Waals surface area contributed by atoms with Gasteiger partial charge in [0.05, 0.1) is 5.60 Å². The standard InChI is InChI=1S/C18H19NO3/c1-12-14(11-20)5-4-6-16(12)19-17(21)13-7-9-15(10-8-13)18(2,3)22/h4-11,22H,1-3H3,(H,19,21). The second kappa shape index (κ2) is 6.12. The quantitative estimate of drug-likeness (QED) is 0.851. The Hall–Kier alpha value is -2.46. The molecule has 0 atom stereocenters. The van der Waals surface area contributed by atoms with Gasteiger partial charge in [0.15, 0.2) is 0 Å². The van der Waals surface area contributed by atoms with Crippen molar-refractivity contribution in [2.24, 2.45) is 0 Å². The molecule has 2 N–H and O–H groups in total. The van der Waals surface area contributed by atoms with Gasteiger partial charge in [0.25, 0.3) is 5.91 Å². The maximum atomic E-state index is 12.3. The van der Waals surface area contributed by atoms with Crippen LogP contribution in [0.5, 0.6) is 0 Å². The molecule has 2 aromatic carbocycles. The highest BCUT2D eigenvalue weighted by Gasteiger charge is 2.16. The summed E-state index contributed by atoms with van der Waals surface area (Å²) < 4.78 is 0. The SMILES string of the molecule is Cc1c(C=O)cccc1NC(=O)c1ccc(C(C)(C)O)cc1. The summed E-state index contributed by atoms with van der Waals surface area (Å²) in [6, 6.07) is 12.0. The third-order valence-electron chi connectivity index (χ3n) is 3.60. The van der Waals surface area contributed by atoms with E-state index >= 15 is 0 Å². The van der Waals surface area contributed by atoms with Crippen LogP contribution < -0.4 is 5.32 Å². The molecule has 0 unspecified atom stereocenters. The molecule has 0 aromatic heterocycles. The van der Waals surface area contributed by atoms with Crippen LogP contribution in [-0.2, 0) is 5.60 Å². The Morgan fingerprint density at radius 2 is 1.77 bits per heavy atom. The van der Waals surface area contributed by atoms with Crippen LogP contribution in [0.15, 0.2) is 42.5 Å². The number of benzene rings is 2. The molecule has 0 bridgehead atoms. The van der Waals surface area contributed by atoms with Gasteiger partial charge in [-0.1, -0.05) is 24.3 Å². The van der Waals surface area contributed by atoms with E-state index in [9.17, 15) is 14.7 Å². The van der Waals surface area contributed by atoms with E-state index < -0.39 is 5.60 Å². The Bertz CT molecular complexity index is 697. The topological polar surface area (TPSA) is 66.4 Å². The molecule has 0 saturated carbocycles. The number of hydrogen-bond donors (Lipinski definition) is 2. The second-order valence-electron chi connectivity index (χ2n) is 5.73. The molecule has 0 aliphatic heterocycles. The van der Waals surface area contributed by atoms with Crippen LogP contribution in [0.2, 0.25) is 0 Å². The molecule has 22 heavy (non-hydrogen) atoms. The highest BCUT2D eigenvalue weighted by Crippen LogP contribution is 2.21. The van der Waals surface area contributed by atoms with Crippen LogP contribution in [0.3, 0.4) is 0 Å². The predicted molar refractivity (Wildman–Crippen MR) is 86.2 cm³/mol. The minimum absolute atomic E-state index is 0.256. The lowest BCUT2D eigenvalue weighted by molar-refractivity contribution is 0.0784. The largest absolute Gasteiger partial charge is 0.386 e. The third kappa shape index (κ3) is 3.40. The van der Waals surface area contributed by atoms with E-state index in [-0.39, 0.29) is 5.91 Å². The zero-order valence-corrected chi connectivity index (χ0v) is 12.9. The van der Waals surface area contributed by atoms with E-state index in [2.05, 4.69) is 5.32 Å². The fourth-order valence-corrected chi connectivity index (χ4v) is 2.14. The maximum absolute atomic E-state index is 12.3. The van der Waals surface area contributed by atoms with Crippen LogP contribution in [0, 0.1) is 6.92 Å². The number of nitrogens with one attached hydrogen (secondary N) is 1. The molecule has 4 nitrogen and oxygen atoms in total. The van der Waals surface area contributed by atoms with Crippen molar-refractivity contribution in [1.29, 1.82) is 0 Å². The van der Waals surface area contributed by atoms with Gasteiger partial charge >= 0.3 is 0 Å². The van der Waals surface area contributed by atoms with Crippen molar-refractivity contribution >= 4 is 17.9 Å². The van der Waals surface area contributed by atoms with Crippen LogP contribution >= 0.6 is 0 Å². The molecule has 0 spiro atoms. The van der Waals surface area contributed by atoms with Crippen LogP contribution in [0.25, 0.3) is 0 Å². The lowest BCUT2D eigenvalue weighted by Crippen LogP contribution is -2.17. The first-order valence-electron chi connectivity index (χ1n) is 7.02. The summed E-state index contributed by atoms with van der Waals surface area (Å²) >= 11 is 0. The van der Waals surface area contributed by atoms with E-state index in [1.165, 1.54) is 0 Å². The Morgan fingerprint density at radius 1 is 1.14 bits per heavy atom. The second-order valence-corrected chi connectivity index (χ2v) is 5.73. The van der Waals surface area contributed by atoms with Crippen molar-refractivity contribution in [1.82, 2.24) is 0 Å². The van der Waals surface area contributed by atoms with Gasteiger partial charge in [-0.2, -0.15) is 0 Å². The number of carbonyl (C=O) groups excluding carboxylic acids is 2. The fourth-order valence-electron chi connectivity index (χ4n) is 2.14. The number of amides is 1. The summed E-state index contributed by atoms with van der Waals surface area (Å²) in [7, 11) is 0. The fraction of sp³-hybridized carbons (Fsp3) is 0.222. The lowest BCUT2D eigenvalue weighted by Gasteiger charge is -2.18. The minimum atomic E-state index is -0.941. The van der Waals surface area contributed by atoms with Crippen LogP contribution in [-0.4, -0.2) is 17.3 Å². The van der Waals surface area contributed by atoms with Crippen molar-refractivity contribution in [3.63, 3.8) is 0 Å². The summed E-state index contributed by atoms with van der Waals surface area (Å²) in [5.74, 6) is -0.256. The number of hydrogen-bond acceptors (Lipinski definition) is 3. The molecule has 4 heteroatoms. The van der Waals surface area contributed by atoms with Gasteiger partial charge in [-0.3, -0.25) is 9.59 Å². The van der Waals surface area contributed by atoms with Crippen molar-refractivity contribution < 1.29 is 14.7 Å². The zero-order chi connectivity index (χ0) is 16.3. The molecule has 0 radical (unpaired) electrons. The summed E-state index contributed by atoms with van der Waals surface area (Å²) in [5.41, 5.74) is 2.19. The summed E-state index contributed by atoms with van der Waals surface area (Å²) in [4.78, 5) is 23.2. The highest BCUT2D eigenvalue weighted by molar-refractivity contribution is 6.05. The minimum Gasteiger partial charge on any atom is -0.386 e. The monoisotopic (exact) mass is 297 g/mol. The van der Waals surface area contributed by atoms with Crippen LogP contribution in [0.1, 0.15) is 45.7 Å². The van der Waals surface area contributed by atoms with E-state index in [4.69, 9.17) is 0 Å². The van der Waals surface area contributed by atoms with Crippen molar-refractivity contribution in [2.45, 2.75) is 26.4 Å². The molecule has 2 rings (SSSR count). The van der Waals surface area contributed by atoms with Crippen molar-refractivity contribution in [2.75, 3.05) is 5.32 Å². The zero-order valence-electron chi connectivity index (χ0n) is 12.9. The summed E-state index contributed by atoms with van der Waals surface area (Å²) in [6.45, 7) is 5.17.